The first-order valence-corrected chi connectivity index (χ1v) is 12.0. The average molecular weight is 486 g/mol. The van der Waals surface area contributed by atoms with Gasteiger partial charge < -0.3 is 14.7 Å². The fourth-order valence-corrected chi connectivity index (χ4v) is 4.14. The highest BCUT2D eigenvalue weighted by Gasteiger charge is 2.34. The van der Waals surface area contributed by atoms with E-state index in [1.807, 2.05) is 38.2 Å². The maximum atomic E-state index is 13.6. The Balaban J connectivity index is 1.63. The maximum absolute atomic E-state index is 13.6. The molecule has 1 amide bonds. The topological polar surface area (TPSA) is 91.7 Å². The van der Waals surface area contributed by atoms with Gasteiger partial charge in [-0.25, -0.2) is 4.98 Å². The van der Waals surface area contributed by atoms with Crippen LogP contribution in [0.4, 0.5) is 0 Å². The summed E-state index contributed by atoms with van der Waals surface area (Å²) in [6.45, 7) is 5.62. The van der Waals surface area contributed by atoms with Gasteiger partial charge in [-0.3, -0.25) is 19.7 Å². The van der Waals surface area contributed by atoms with Gasteiger partial charge in [0.25, 0.3) is 5.91 Å². The number of aliphatic hydroxyl groups is 1. The molecule has 1 aliphatic rings. The van der Waals surface area contributed by atoms with Gasteiger partial charge in [0.05, 0.1) is 12.6 Å². The highest BCUT2D eigenvalue weighted by atomic mass is 16.5. The van der Waals surface area contributed by atoms with E-state index in [-0.39, 0.29) is 36.5 Å². The summed E-state index contributed by atoms with van der Waals surface area (Å²) in [7, 11) is 2.04. The third-order valence-corrected chi connectivity index (χ3v) is 6.23. The minimum Gasteiger partial charge on any atom is -0.472 e. The van der Waals surface area contributed by atoms with Gasteiger partial charge in [0, 0.05) is 67.7 Å². The van der Waals surface area contributed by atoms with Gasteiger partial charge >= 0.3 is 0 Å². The number of likely N-dealkylation sites (N-methyl/N-ethyl adjacent to an activating group) is 1. The van der Waals surface area contributed by atoms with Crippen molar-refractivity contribution in [2.45, 2.75) is 32.5 Å². The predicted molar refractivity (Wildman–Crippen MR) is 136 cm³/mol. The van der Waals surface area contributed by atoms with Crippen molar-refractivity contribution in [2.75, 3.05) is 26.7 Å². The van der Waals surface area contributed by atoms with Crippen LogP contribution in [-0.2, 0) is 6.54 Å². The summed E-state index contributed by atoms with van der Waals surface area (Å²) >= 11 is 0. The van der Waals surface area contributed by atoms with Gasteiger partial charge in [0.1, 0.15) is 11.7 Å². The molecule has 8 heteroatoms. The van der Waals surface area contributed by atoms with Crippen molar-refractivity contribution in [2.24, 2.45) is 5.92 Å². The van der Waals surface area contributed by atoms with Crippen molar-refractivity contribution < 1.29 is 14.6 Å². The standard InChI is InChI=1S/C28H31N5O3/c1-20-16-33(21(2)19-34)28(35)25-13-24(7-6-22-5-4-10-30-14-22)15-31-27(25)36-26(20)18-32(3)17-23-8-11-29-12-9-23/h4-5,8-15,20-21,26,34H,16-19H2,1-3H3/t20-,21+,26-/m1/s1. The minimum atomic E-state index is -0.341. The van der Waals surface area contributed by atoms with Gasteiger partial charge in [0.2, 0.25) is 5.88 Å². The first kappa shape index (κ1) is 25.3. The smallest absolute Gasteiger partial charge is 0.259 e. The largest absolute Gasteiger partial charge is 0.472 e. The lowest BCUT2D eigenvalue weighted by Gasteiger charge is -2.37. The molecule has 0 saturated heterocycles. The molecule has 0 saturated carbocycles. The van der Waals surface area contributed by atoms with Crippen molar-refractivity contribution in [3.05, 3.63) is 83.6 Å². The van der Waals surface area contributed by atoms with E-state index in [0.717, 1.165) is 17.7 Å². The fourth-order valence-electron chi connectivity index (χ4n) is 4.14. The summed E-state index contributed by atoms with van der Waals surface area (Å²) in [4.78, 5) is 30.1. The highest BCUT2D eigenvalue weighted by Crippen LogP contribution is 2.27. The van der Waals surface area contributed by atoms with E-state index in [1.165, 1.54) is 0 Å². The Morgan fingerprint density at radius 3 is 2.67 bits per heavy atom. The van der Waals surface area contributed by atoms with Crippen LogP contribution in [0, 0.1) is 17.8 Å². The zero-order valence-electron chi connectivity index (χ0n) is 20.8. The Hall–Kier alpha value is -3.80. The number of amides is 1. The molecule has 0 bridgehead atoms. The van der Waals surface area contributed by atoms with E-state index < -0.39 is 0 Å². The summed E-state index contributed by atoms with van der Waals surface area (Å²) in [5.41, 5.74) is 2.88. The third kappa shape index (κ3) is 6.25. The molecule has 4 rings (SSSR count). The normalized spacial score (nSPS) is 18.4. The first-order chi connectivity index (χ1) is 17.4. The van der Waals surface area contributed by atoms with Crippen molar-refractivity contribution in [3.63, 3.8) is 0 Å². The second-order valence-electron chi connectivity index (χ2n) is 9.24. The van der Waals surface area contributed by atoms with Gasteiger partial charge in [0.15, 0.2) is 0 Å². The molecule has 0 aliphatic carbocycles. The summed E-state index contributed by atoms with van der Waals surface area (Å²) in [6.07, 6.45) is 8.36. The molecule has 36 heavy (non-hydrogen) atoms. The van der Waals surface area contributed by atoms with Crippen molar-refractivity contribution in [1.29, 1.82) is 0 Å². The van der Waals surface area contributed by atoms with E-state index in [0.29, 0.717) is 24.2 Å². The molecule has 0 radical (unpaired) electrons. The molecule has 186 valence electrons. The summed E-state index contributed by atoms with van der Waals surface area (Å²) in [5, 5.41) is 9.86. The average Bonchev–Trinajstić information content (AvgIpc) is 2.90. The molecule has 1 aliphatic heterocycles. The Labute approximate surface area is 212 Å². The molecule has 3 atom stereocenters. The third-order valence-electron chi connectivity index (χ3n) is 6.23. The minimum absolute atomic E-state index is 0.0165. The van der Waals surface area contributed by atoms with Crippen LogP contribution >= 0.6 is 0 Å². The molecular weight excluding hydrogens is 454 g/mol. The van der Waals surface area contributed by atoms with E-state index in [9.17, 15) is 9.90 Å². The molecule has 0 spiro atoms. The van der Waals surface area contributed by atoms with Crippen LogP contribution in [0.5, 0.6) is 5.88 Å². The van der Waals surface area contributed by atoms with E-state index in [1.54, 1.807) is 42.0 Å². The molecule has 0 fully saturated rings. The van der Waals surface area contributed by atoms with Crippen LogP contribution in [-0.4, -0.2) is 74.7 Å². The fraction of sp³-hybridized carbons (Fsp3) is 0.357. The molecule has 8 nitrogen and oxygen atoms in total. The summed E-state index contributed by atoms with van der Waals surface area (Å²) in [5.74, 6) is 6.20. The molecule has 4 heterocycles. The second kappa shape index (κ2) is 11.8. The first-order valence-electron chi connectivity index (χ1n) is 12.0. The number of hydrogen-bond acceptors (Lipinski definition) is 7. The lowest BCUT2D eigenvalue weighted by atomic mass is 9.99. The Bertz CT molecular complexity index is 1230. The number of carbonyl (C=O) groups excluding carboxylic acids is 1. The number of carbonyl (C=O) groups is 1. The quantitative estimate of drug-likeness (QED) is 0.537. The molecule has 3 aromatic heterocycles. The lowest BCUT2D eigenvalue weighted by Crippen LogP contribution is -2.49. The van der Waals surface area contributed by atoms with Gasteiger partial charge in [-0.15, -0.1) is 0 Å². The Morgan fingerprint density at radius 2 is 1.94 bits per heavy atom. The zero-order valence-corrected chi connectivity index (χ0v) is 20.8. The second-order valence-corrected chi connectivity index (χ2v) is 9.24. The van der Waals surface area contributed by atoms with E-state index >= 15 is 0 Å². The molecular formula is C28H31N5O3. The van der Waals surface area contributed by atoms with Crippen molar-refractivity contribution >= 4 is 5.91 Å². The van der Waals surface area contributed by atoms with Crippen LogP contribution in [0.1, 0.15) is 40.9 Å². The number of pyridine rings is 3. The highest BCUT2D eigenvalue weighted by molar-refractivity contribution is 5.97. The van der Waals surface area contributed by atoms with Crippen LogP contribution in [0.3, 0.4) is 0 Å². The summed E-state index contributed by atoms with van der Waals surface area (Å²) < 4.78 is 6.37. The van der Waals surface area contributed by atoms with Gasteiger partial charge in [-0.1, -0.05) is 18.8 Å². The van der Waals surface area contributed by atoms with Crippen LogP contribution in [0.2, 0.25) is 0 Å². The van der Waals surface area contributed by atoms with Crippen LogP contribution in [0.15, 0.2) is 61.3 Å². The predicted octanol–water partition coefficient (Wildman–Crippen LogP) is 2.62. The Morgan fingerprint density at radius 1 is 1.17 bits per heavy atom. The number of fused-ring (bicyclic) bond motifs is 1. The lowest BCUT2D eigenvalue weighted by molar-refractivity contribution is 0.0325. The zero-order chi connectivity index (χ0) is 25.5. The monoisotopic (exact) mass is 485 g/mol. The van der Waals surface area contributed by atoms with Crippen LogP contribution in [0.25, 0.3) is 0 Å². The maximum Gasteiger partial charge on any atom is 0.259 e. The van der Waals surface area contributed by atoms with Crippen LogP contribution < -0.4 is 4.74 Å². The number of rotatable bonds is 6. The SMILES string of the molecule is C[C@@H]1CN([C@@H](C)CO)C(=O)c2cc(C#Cc3cccnc3)cnc2O[C@@H]1CN(C)Cc1ccncc1. The van der Waals surface area contributed by atoms with Gasteiger partial charge in [-0.2, -0.15) is 0 Å². The molecule has 0 aromatic carbocycles. The number of aromatic nitrogens is 3. The Kier molecular flexibility index (Phi) is 8.26. The van der Waals surface area contributed by atoms with Gasteiger partial charge in [-0.05, 0) is 49.9 Å². The number of nitrogens with zero attached hydrogens (tertiary/aromatic N) is 5. The van der Waals surface area contributed by atoms with Crippen molar-refractivity contribution in [1.82, 2.24) is 24.8 Å². The molecule has 0 unspecified atom stereocenters. The number of hydrogen-bond donors (Lipinski definition) is 1. The molecule has 3 aromatic rings. The number of ether oxygens (including phenoxy) is 1. The number of aliphatic hydroxyl groups excluding tert-OH is 1. The van der Waals surface area contributed by atoms with E-state index in [2.05, 4.69) is 38.6 Å². The molecule has 1 N–H and O–H groups in total. The summed E-state index contributed by atoms with van der Waals surface area (Å²) in [6, 6.07) is 9.06. The van der Waals surface area contributed by atoms with Crippen molar-refractivity contribution in [3.8, 4) is 17.7 Å². The van der Waals surface area contributed by atoms with E-state index in [4.69, 9.17) is 4.74 Å².